The summed E-state index contributed by atoms with van der Waals surface area (Å²) < 4.78 is 35.3. The van der Waals surface area contributed by atoms with E-state index in [-0.39, 0.29) is 29.8 Å². The predicted octanol–water partition coefficient (Wildman–Crippen LogP) is 6.78. The highest BCUT2D eigenvalue weighted by atomic mass is 79.9. The first-order valence-electron chi connectivity index (χ1n) is 14.7. The summed E-state index contributed by atoms with van der Waals surface area (Å²) in [5.41, 5.74) is 2.82. The number of sulfonamides is 1. The number of methoxy groups -OCH3 is 1. The van der Waals surface area contributed by atoms with Gasteiger partial charge in [0.25, 0.3) is 10.0 Å². The van der Waals surface area contributed by atoms with Crippen LogP contribution in [-0.4, -0.2) is 50.9 Å². The second kappa shape index (κ2) is 15.6. The zero-order valence-corrected chi connectivity index (χ0v) is 29.3. The molecule has 242 valence electrons. The Bertz CT molecular complexity index is 1750. The molecule has 0 spiro atoms. The Hall–Kier alpha value is -3.86. The van der Waals surface area contributed by atoms with Crippen molar-refractivity contribution < 1.29 is 22.7 Å². The maximum Gasteiger partial charge on any atom is 0.264 e. The molecule has 11 heteroatoms. The Morgan fingerprint density at radius 3 is 2.15 bits per heavy atom. The van der Waals surface area contributed by atoms with E-state index in [2.05, 4.69) is 21.2 Å². The van der Waals surface area contributed by atoms with Gasteiger partial charge in [-0.2, -0.15) is 0 Å². The molecular weight excluding hydrogens is 690 g/mol. The number of aryl methyl sites for hydroxylation is 1. The van der Waals surface area contributed by atoms with Gasteiger partial charge in [-0.25, -0.2) is 8.42 Å². The summed E-state index contributed by atoms with van der Waals surface area (Å²) in [7, 11) is -2.77. The minimum absolute atomic E-state index is 0.0313. The third-order valence-corrected chi connectivity index (χ3v) is 9.92. The van der Waals surface area contributed by atoms with E-state index < -0.39 is 28.5 Å². The molecule has 1 N–H and O–H groups in total. The molecular formula is C35H37BrClN3O5S. The molecule has 0 bridgehead atoms. The van der Waals surface area contributed by atoms with Crippen LogP contribution in [0, 0.1) is 6.92 Å². The van der Waals surface area contributed by atoms with Crippen molar-refractivity contribution in [3.63, 3.8) is 0 Å². The van der Waals surface area contributed by atoms with E-state index in [9.17, 15) is 18.0 Å². The molecule has 0 aliphatic heterocycles. The smallest absolute Gasteiger partial charge is 0.264 e. The number of rotatable bonds is 13. The standard InChI is InChI=1S/C35H37BrClN3O5S/c1-24(2)38-35(42)32(20-26-8-6-5-7-9-26)39(22-27-12-14-28(37)15-13-27)34(41)23-40(29-16-10-25(3)11-17-29)46(43,44)30-18-19-33(45-4)31(36)21-30/h5-19,21,24,32H,20,22-23H2,1-4H3,(H,38,42)/t32-/m0/s1. The fourth-order valence-electron chi connectivity index (χ4n) is 4.90. The molecule has 0 heterocycles. The van der Waals surface area contributed by atoms with Gasteiger partial charge < -0.3 is 15.0 Å². The normalized spacial score (nSPS) is 12.0. The van der Waals surface area contributed by atoms with Gasteiger partial charge in [0.05, 0.1) is 22.2 Å². The molecule has 4 aromatic carbocycles. The lowest BCUT2D eigenvalue weighted by Crippen LogP contribution is -2.54. The minimum Gasteiger partial charge on any atom is -0.496 e. The zero-order valence-electron chi connectivity index (χ0n) is 26.1. The van der Waals surface area contributed by atoms with Crippen molar-refractivity contribution in [3.05, 3.63) is 123 Å². The van der Waals surface area contributed by atoms with Crippen molar-refractivity contribution in [1.82, 2.24) is 10.2 Å². The summed E-state index contributed by atoms with van der Waals surface area (Å²) in [4.78, 5) is 29.7. The summed E-state index contributed by atoms with van der Waals surface area (Å²) in [6.07, 6.45) is 0.224. The molecule has 0 unspecified atom stereocenters. The molecule has 0 radical (unpaired) electrons. The van der Waals surface area contributed by atoms with Gasteiger partial charge in [-0.15, -0.1) is 0 Å². The van der Waals surface area contributed by atoms with Crippen LogP contribution < -0.4 is 14.4 Å². The topological polar surface area (TPSA) is 96.0 Å². The van der Waals surface area contributed by atoms with E-state index in [1.807, 2.05) is 51.1 Å². The lowest BCUT2D eigenvalue weighted by Gasteiger charge is -2.34. The largest absolute Gasteiger partial charge is 0.496 e. The monoisotopic (exact) mass is 725 g/mol. The van der Waals surface area contributed by atoms with Gasteiger partial charge in [-0.05, 0) is 90.3 Å². The molecule has 0 aromatic heterocycles. The molecule has 0 fully saturated rings. The average molecular weight is 727 g/mol. The van der Waals surface area contributed by atoms with Crippen LogP contribution in [0.1, 0.15) is 30.5 Å². The van der Waals surface area contributed by atoms with Crippen LogP contribution in [0.25, 0.3) is 0 Å². The Balaban J connectivity index is 1.81. The van der Waals surface area contributed by atoms with Crippen LogP contribution in [0.15, 0.2) is 106 Å². The third-order valence-electron chi connectivity index (χ3n) is 7.28. The number of benzene rings is 4. The molecule has 0 saturated carbocycles. The number of ether oxygens (including phenoxy) is 1. The van der Waals surface area contributed by atoms with Crippen molar-refractivity contribution in [1.29, 1.82) is 0 Å². The second-order valence-electron chi connectivity index (χ2n) is 11.2. The number of amides is 2. The highest BCUT2D eigenvalue weighted by Crippen LogP contribution is 2.31. The molecule has 0 aliphatic carbocycles. The first-order chi connectivity index (χ1) is 21.9. The van der Waals surface area contributed by atoms with Crippen LogP contribution >= 0.6 is 27.5 Å². The van der Waals surface area contributed by atoms with Crippen molar-refractivity contribution in [2.75, 3.05) is 18.0 Å². The predicted molar refractivity (Wildman–Crippen MR) is 186 cm³/mol. The molecule has 8 nitrogen and oxygen atoms in total. The van der Waals surface area contributed by atoms with E-state index in [1.54, 1.807) is 54.6 Å². The van der Waals surface area contributed by atoms with E-state index >= 15 is 0 Å². The lowest BCUT2D eigenvalue weighted by atomic mass is 10.0. The summed E-state index contributed by atoms with van der Waals surface area (Å²) in [6, 6.07) is 26.6. The fraction of sp³-hybridized carbons (Fsp3) is 0.257. The summed E-state index contributed by atoms with van der Waals surface area (Å²) >= 11 is 9.53. The number of nitrogens with one attached hydrogen (secondary N) is 1. The first kappa shape index (κ1) is 35.0. The van der Waals surface area contributed by atoms with E-state index in [1.165, 1.54) is 24.1 Å². The SMILES string of the molecule is COc1ccc(S(=O)(=O)N(CC(=O)N(Cc2ccc(Cl)cc2)[C@@H](Cc2ccccc2)C(=O)NC(C)C)c2ccc(C)cc2)cc1Br. The van der Waals surface area contributed by atoms with Crippen LogP contribution in [0.3, 0.4) is 0 Å². The Kier molecular flexibility index (Phi) is 11.9. The van der Waals surface area contributed by atoms with Crippen molar-refractivity contribution >= 4 is 55.1 Å². The first-order valence-corrected chi connectivity index (χ1v) is 17.3. The average Bonchev–Trinajstić information content (AvgIpc) is 3.03. The highest BCUT2D eigenvalue weighted by molar-refractivity contribution is 9.10. The maximum absolute atomic E-state index is 14.5. The summed E-state index contributed by atoms with van der Waals surface area (Å²) in [5.74, 6) is -0.428. The van der Waals surface area contributed by atoms with Crippen molar-refractivity contribution in [2.45, 2.75) is 50.7 Å². The molecule has 0 saturated heterocycles. The molecule has 46 heavy (non-hydrogen) atoms. The van der Waals surface area contributed by atoms with Crippen LogP contribution in [0.5, 0.6) is 5.75 Å². The van der Waals surface area contributed by atoms with Crippen LogP contribution in [-0.2, 0) is 32.6 Å². The van der Waals surface area contributed by atoms with Crippen molar-refractivity contribution in [2.24, 2.45) is 0 Å². The molecule has 1 atom stereocenters. The molecule has 4 rings (SSSR count). The molecule has 0 aliphatic rings. The second-order valence-corrected chi connectivity index (χ2v) is 14.3. The van der Waals surface area contributed by atoms with Gasteiger partial charge in [-0.3, -0.25) is 13.9 Å². The van der Waals surface area contributed by atoms with Gasteiger partial charge in [0.2, 0.25) is 11.8 Å². The number of carbonyl (C=O) groups excluding carboxylic acids is 2. The fourth-order valence-corrected chi connectivity index (χ4v) is 7.15. The summed E-state index contributed by atoms with van der Waals surface area (Å²) in [5, 5.41) is 3.48. The number of anilines is 1. The number of nitrogens with zero attached hydrogens (tertiary/aromatic N) is 2. The van der Waals surface area contributed by atoms with E-state index in [0.29, 0.717) is 20.9 Å². The van der Waals surface area contributed by atoms with Gasteiger partial charge in [0.15, 0.2) is 0 Å². The van der Waals surface area contributed by atoms with Gasteiger partial charge in [0, 0.05) is 24.0 Å². The molecule has 4 aromatic rings. The zero-order chi connectivity index (χ0) is 33.4. The van der Waals surface area contributed by atoms with Gasteiger partial charge in [0.1, 0.15) is 18.3 Å². The quantitative estimate of drug-likeness (QED) is 0.164. The van der Waals surface area contributed by atoms with E-state index in [0.717, 1.165) is 21.0 Å². The Morgan fingerprint density at radius 1 is 0.913 bits per heavy atom. The number of hydrogen-bond acceptors (Lipinski definition) is 5. The Labute approximate surface area is 284 Å². The number of hydrogen-bond donors (Lipinski definition) is 1. The Morgan fingerprint density at radius 2 is 1.57 bits per heavy atom. The maximum atomic E-state index is 14.5. The third kappa shape index (κ3) is 8.90. The van der Waals surface area contributed by atoms with Gasteiger partial charge in [-0.1, -0.05) is 71.8 Å². The number of halogens is 2. The van der Waals surface area contributed by atoms with Gasteiger partial charge >= 0.3 is 0 Å². The van der Waals surface area contributed by atoms with E-state index in [4.69, 9.17) is 16.3 Å². The molecule has 2 amide bonds. The van der Waals surface area contributed by atoms with Crippen molar-refractivity contribution in [3.8, 4) is 5.75 Å². The minimum atomic E-state index is -4.26. The summed E-state index contributed by atoms with van der Waals surface area (Å²) in [6.45, 7) is 5.09. The highest BCUT2D eigenvalue weighted by Gasteiger charge is 2.35. The lowest BCUT2D eigenvalue weighted by molar-refractivity contribution is -0.140. The van der Waals surface area contributed by atoms with Crippen LogP contribution in [0.2, 0.25) is 5.02 Å². The van der Waals surface area contributed by atoms with Crippen LogP contribution in [0.4, 0.5) is 5.69 Å². The number of carbonyl (C=O) groups is 2.